The van der Waals surface area contributed by atoms with Crippen LogP contribution in [0.15, 0.2) is 40.0 Å². The van der Waals surface area contributed by atoms with Gasteiger partial charge in [0.2, 0.25) is 0 Å². The normalized spacial score (nSPS) is 11.4. The Morgan fingerprint density at radius 1 is 1.27 bits per heavy atom. The number of aromatic hydroxyl groups is 1. The number of phenolic OH excluding ortho intramolecular Hbond substituents is 1. The monoisotopic (exact) mass is 447 g/mol. The number of ether oxygens (including phenoxy) is 1. The third-order valence-electron chi connectivity index (χ3n) is 4.83. The number of oxazole rings is 1. The van der Waals surface area contributed by atoms with Crippen LogP contribution in [0.1, 0.15) is 37.8 Å². The van der Waals surface area contributed by atoms with Crippen LogP contribution < -0.4 is 4.74 Å². The van der Waals surface area contributed by atoms with Crippen LogP contribution in [0.3, 0.4) is 0 Å². The minimum absolute atomic E-state index is 0.0499. The molecule has 0 amide bonds. The number of rotatable bonds is 10. The Morgan fingerprint density at radius 3 is 2.83 bits per heavy atom. The predicted molar refractivity (Wildman–Crippen MR) is 121 cm³/mol. The molecule has 0 unspecified atom stereocenters. The second-order valence-electron chi connectivity index (χ2n) is 7.49. The average Bonchev–Trinajstić information content (AvgIpc) is 3.11. The van der Waals surface area contributed by atoms with E-state index in [0.29, 0.717) is 33.7 Å². The van der Waals surface area contributed by atoms with Gasteiger partial charge in [0.15, 0.2) is 5.58 Å². The molecule has 0 aliphatic carbocycles. The second kappa shape index (κ2) is 10.2. The standard InChI is InChI=1S/C23H26ClNO4S/c1-14(2)19(26)12-16-6-8-20(15(3)22(16)27)28-10-4-5-11-30-23-25-18-13-17(24)7-9-21(18)29-23/h6-9,13-14,27H,4-5,10-12H2,1-3H3. The van der Waals surface area contributed by atoms with Crippen LogP contribution in [-0.2, 0) is 11.2 Å². The van der Waals surface area contributed by atoms with Crippen molar-refractivity contribution >= 4 is 40.2 Å². The molecule has 3 rings (SSSR count). The van der Waals surface area contributed by atoms with E-state index in [0.717, 1.165) is 29.7 Å². The molecule has 0 radical (unpaired) electrons. The Bertz CT molecular complexity index is 1030. The second-order valence-corrected chi connectivity index (χ2v) is 8.97. The fraction of sp³-hybridized carbons (Fsp3) is 0.391. The minimum Gasteiger partial charge on any atom is -0.507 e. The molecule has 1 N–H and O–H groups in total. The van der Waals surface area contributed by atoms with Gasteiger partial charge >= 0.3 is 0 Å². The lowest BCUT2D eigenvalue weighted by molar-refractivity contribution is -0.121. The van der Waals surface area contributed by atoms with Crippen molar-refractivity contribution in [3.8, 4) is 11.5 Å². The van der Waals surface area contributed by atoms with Gasteiger partial charge in [-0.2, -0.15) is 0 Å². The van der Waals surface area contributed by atoms with Crippen molar-refractivity contribution in [2.24, 2.45) is 5.92 Å². The molecular weight excluding hydrogens is 422 g/mol. The van der Waals surface area contributed by atoms with E-state index in [9.17, 15) is 9.90 Å². The number of carbonyl (C=O) groups excluding carboxylic acids is 1. The number of fused-ring (bicyclic) bond motifs is 1. The Kier molecular flexibility index (Phi) is 7.67. The maximum Gasteiger partial charge on any atom is 0.256 e. The number of aromatic nitrogens is 1. The first-order valence-corrected chi connectivity index (χ1v) is 11.4. The third kappa shape index (κ3) is 5.70. The molecular formula is C23H26ClNO4S. The van der Waals surface area contributed by atoms with Crippen molar-refractivity contribution in [1.82, 2.24) is 4.98 Å². The molecule has 3 aromatic rings. The summed E-state index contributed by atoms with van der Waals surface area (Å²) in [5, 5.41) is 11.7. The maximum atomic E-state index is 11.9. The molecule has 2 aromatic carbocycles. The molecule has 160 valence electrons. The lowest BCUT2D eigenvalue weighted by atomic mass is 9.98. The van der Waals surface area contributed by atoms with Crippen molar-refractivity contribution in [2.75, 3.05) is 12.4 Å². The largest absolute Gasteiger partial charge is 0.507 e. The predicted octanol–water partition coefficient (Wildman–Crippen LogP) is 6.21. The molecule has 30 heavy (non-hydrogen) atoms. The molecule has 5 nitrogen and oxygen atoms in total. The van der Waals surface area contributed by atoms with E-state index in [-0.39, 0.29) is 23.9 Å². The maximum absolute atomic E-state index is 11.9. The average molecular weight is 448 g/mol. The van der Waals surface area contributed by atoms with Gasteiger partial charge in [0, 0.05) is 34.2 Å². The van der Waals surface area contributed by atoms with Crippen LogP contribution in [0, 0.1) is 12.8 Å². The summed E-state index contributed by atoms with van der Waals surface area (Å²) in [5.41, 5.74) is 2.82. The quantitative estimate of drug-likeness (QED) is 0.294. The van der Waals surface area contributed by atoms with Crippen LogP contribution in [0.25, 0.3) is 11.1 Å². The molecule has 0 fully saturated rings. The van der Waals surface area contributed by atoms with Crippen LogP contribution in [0.5, 0.6) is 11.5 Å². The first-order chi connectivity index (χ1) is 14.3. The van der Waals surface area contributed by atoms with Crippen LogP contribution in [0.2, 0.25) is 5.02 Å². The van der Waals surface area contributed by atoms with Crippen molar-refractivity contribution in [3.05, 3.63) is 46.5 Å². The first kappa shape index (κ1) is 22.5. The van der Waals surface area contributed by atoms with E-state index in [2.05, 4.69) is 4.98 Å². The van der Waals surface area contributed by atoms with E-state index < -0.39 is 0 Å². The summed E-state index contributed by atoms with van der Waals surface area (Å²) in [7, 11) is 0. The van der Waals surface area contributed by atoms with Gasteiger partial charge in [-0.15, -0.1) is 0 Å². The number of carbonyl (C=O) groups is 1. The number of hydrogen-bond donors (Lipinski definition) is 1. The smallest absolute Gasteiger partial charge is 0.256 e. The summed E-state index contributed by atoms with van der Waals surface area (Å²) >= 11 is 7.54. The first-order valence-electron chi connectivity index (χ1n) is 10.0. The van der Waals surface area contributed by atoms with Crippen LogP contribution >= 0.6 is 23.4 Å². The van der Waals surface area contributed by atoms with Crippen molar-refractivity contribution in [1.29, 1.82) is 0 Å². The summed E-state index contributed by atoms with van der Waals surface area (Å²) in [4.78, 5) is 16.4. The van der Waals surface area contributed by atoms with Crippen molar-refractivity contribution in [3.63, 3.8) is 0 Å². The molecule has 0 atom stereocenters. The lowest BCUT2D eigenvalue weighted by Crippen LogP contribution is -2.10. The Hall–Kier alpha value is -2.18. The SMILES string of the molecule is Cc1c(OCCCCSc2nc3cc(Cl)ccc3o2)ccc(CC(=O)C(C)C)c1O. The highest BCUT2D eigenvalue weighted by Gasteiger charge is 2.15. The summed E-state index contributed by atoms with van der Waals surface area (Å²) in [6.45, 7) is 6.08. The summed E-state index contributed by atoms with van der Waals surface area (Å²) in [5.74, 6) is 1.72. The van der Waals surface area contributed by atoms with Gasteiger partial charge < -0.3 is 14.3 Å². The highest BCUT2D eigenvalue weighted by molar-refractivity contribution is 7.99. The topological polar surface area (TPSA) is 72.6 Å². The van der Waals surface area contributed by atoms with Crippen molar-refractivity contribution < 1.29 is 19.1 Å². The molecule has 0 aliphatic heterocycles. The van der Waals surface area contributed by atoms with Gasteiger partial charge in [0.25, 0.3) is 5.22 Å². The molecule has 0 aliphatic rings. The highest BCUT2D eigenvalue weighted by atomic mass is 35.5. The number of halogens is 1. The molecule has 0 bridgehead atoms. The molecule has 1 heterocycles. The number of nitrogens with zero attached hydrogens (tertiary/aromatic N) is 1. The molecule has 1 aromatic heterocycles. The van der Waals surface area contributed by atoms with Gasteiger partial charge in [-0.1, -0.05) is 43.3 Å². The van der Waals surface area contributed by atoms with Gasteiger partial charge in [-0.25, -0.2) is 4.98 Å². The number of Topliss-reactive ketones (excluding diaryl/α,β-unsaturated/α-hetero) is 1. The molecule has 0 saturated carbocycles. The van der Waals surface area contributed by atoms with Crippen molar-refractivity contribution in [2.45, 2.75) is 45.3 Å². The van der Waals surface area contributed by atoms with Crippen LogP contribution in [-0.4, -0.2) is 28.2 Å². The number of benzene rings is 2. The molecule has 7 heteroatoms. The van der Waals surface area contributed by atoms with Gasteiger partial charge in [-0.05, 0) is 44.0 Å². The zero-order chi connectivity index (χ0) is 21.7. The number of thioether (sulfide) groups is 1. The highest BCUT2D eigenvalue weighted by Crippen LogP contribution is 2.31. The zero-order valence-corrected chi connectivity index (χ0v) is 19.0. The molecule has 0 saturated heterocycles. The van der Waals surface area contributed by atoms with E-state index in [1.54, 1.807) is 30.0 Å². The number of unbranched alkanes of at least 4 members (excludes halogenated alkanes) is 1. The third-order valence-corrected chi connectivity index (χ3v) is 5.97. The Morgan fingerprint density at radius 2 is 2.07 bits per heavy atom. The summed E-state index contributed by atoms with van der Waals surface area (Å²) in [6.07, 6.45) is 2.05. The van der Waals surface area contributed by atoms with E-state index in [4.69, 9.17) is 20.8 Å². The van der Waals surface area contributed by atoms with E-state index in [1.165, 1.54) is 0 Å². The van der Waals surface area contributed by atoms with E-state index in [1.807, 2.05) is 32.9 Å². The Balaban J connectivity index is 1.43. The Labute approximate surface area is 185 Å². The van der Waals surface area contributed by atoms with Gasteiger partial charge in [-0.3, -0.25) is 4.79 Å². The van der Waals surface area contributed by atoms with Crippen LogP contribution in [0.4, 0.5) is 0 Å². The van der Waals surface area contributed by atoms with Gasteiger partial charge in [0.05, 0.1) is 6.61 Å². The summed E-state index contributed by atoms with van der Waals surface area (Å²) in [6, 6.07) is 9.00. The van der Waals surface area contributed by atoms with Gasteiger partial charge in [0.1, 0.15) is 22.8 Å². The number of phenols is 1. The number of ketones is 1. The zero-order valence-electron chi connectivity index (χ0n) is 17.4. The fourth-order valence-electron chi connectivity index (χ4n) is 2.92. The number of hydrogen-bond acceptors (Lipinski definition) is 6. The lowest BCUT2D eigenvalue weighted by Gasteiger charge is -2.13. The van der Waals surface area contributed by atoms with E-state index >= 15 is 0 Å². The minimum atomic E-state index is -0.0499. The fourth-order valence-corrected chi connectivity index (χ4v) is 3.92. The summed E-state index contributed by atoms with van der Waals surface area (Å²) < 4.78 is 11.5. The molecule has 0 spiro atoms.